The molecule has 2 aliphatic carbocycles. The summed E-state index contributed by atoms with van der Waals surface area (Å²) in [5, 5.41) is 0. The third kappa shape index (κ3) is 5.82. The Labute approximate surface area is 140 Å². The van der Waals surface area contributed by atoms with Crippen LogP contribution >= 0.6 is 0 Å². The zero-order valence-corrected chi connectivity index (χ0v) is 14.7. The lowest BCUT2D eigenvalue weighted by atomic mass is 9.87. The van der Waals surface area contributed by atoms with E-state index in [0.717, 1.165) is 25.7 Å². The molecule has 0 aromatic rings. The molecule has 1 amide bonds. The minimum atomic E-state index is -0.211. The van der Waals surface area contributed by atoms with E-state index in [4.69, 9.17) is 4.74 Å². The first-order chi connectivity index (χ1) is 11.2. The molecular formula is C19H33NO3. The van der Waals surface area contributed by atoms with E-state index in [9.17, 15) is 9.59 Å². The molecule has 0 atom stereocenters. The summed E-state index contributed by atoms with van der Waals surface area (Å²) >= 11 is 0. The molecule has 23 heavy (non-hydrogen) atoms. The van der Waals surface area contributed by atoms with Gasteiger partial charge in [-0.2, -0.15) is 0 Å². The molecule has 132 valence electrons. The van der Waals surface area contributed by atoms with Crippen LogP contribution in [0, 0.1) is 5.92 Å². The van der Waals surface area contributed by atoms with E-state index in [1.807, 2.05) is 0 Å². The fraction of sp³-hybridized carbons (Fsp3) is 0.895. The quantitative estimate of drug-likeness (QED) is 0.716. The monoisotopic (exact) mass is 323 g/mol. The van der Waals surface area contributed by atoms with Gasteiger partial charge in [-0.1, -0.05) is 51.4 Å². The maximum absolute atomic E-state index is 13.1. The summed E-state index contributed by atoms with van der Waals surface area (Å²) in [5.41, 5.74) is 0. The average molecular weight is 323 g/mol. The predicted octanol–water partition coefficient (Wildman–Crippen LogP) is 4.07. The van der Waals surface area contributed by atoms with Gasteiger partial charge in [0.1, 0.15) is 0 Å². The van der Waals surface area contributed by atoms with Gasteiger partial charge in [0.15, 0.2) is 0 Å². The van der Waals surface area contributed by atoms with E-state index in [2.05, 4.69) is 4.90 Å². The highest BCUT2D eigenvalue weighted by Gasteiger charge is 2.30. The van der Waals surface area contributed by atoms with Crippen molar-refractivity contribution in [2.24, 2.45) is 5.92 Å². The minimum absolute atomic E-state index is 0.187. The third-order valence-corrected chi connectivity index (χ3v) is 5.54. The molecule has 2 rings (SSSR count). The lowest BCUT2D eigenvalue weighted by molar-refractivity contribution is -0.144. The number of esters is 1. The Balaban J connectivity index is 2.02. The van der Waals surface area contributed by atoms with E-state index in [0.29, 0.717) is 24.9 Å². The van der Waals surface area contributed by atoms with Gasteiger partial charge in [-0.05, 0) is 25.7 Å². The second-order valence-electron chi connectivity index (χ2n) is 7.19. The molecule has 2 fully saturated rings. The maximum Gasteiger partial charge on any atom is 0.307 e. The van der Waals surface area contributed by atoms with Crippen LogP contribution in [-0.4, -0.2) is 36.5 Å². The maximum atomic E-state index is 13.1. The number of ether oxygens (including phenoxy) is 1. The van der Waals surface area contributed by atoms with E-state index in [1.165, 1.54) is 58.5 Å². The molecule has 4 heteroatoms. The first-order valence-corrected chi connectivity index (χ1v) is 9.59. The van der Waals surface area contributed by atoms with Gasteiger partial charge in [0, 0.05) is 18.5 Å². The highest BCUT2D eigenvalue weighted by atomic mass is 16.5. The Hall–Kier alpha value is -1.06. The number of rotatable bonds is 5. The van der Waals surface area contributed by atoms with Gasteiger partial charge in [-0.15, -0.1) is 0 Å². The van der Waals surface area contributed by atoms with Crippen molar-refractivity contribution in [3.05, 3.63) is 0 Å². The molecule has 0 heterocycles. The van der Waals surface area contributed by atoms with Crippen molar-refractivity contribution in [1.82, 2.24) is 4.90 Å². The Morgan fingerprint density at radius 2 is 1.39 bits per heavy atom. The van der Waals surface area contributed by atoms with Crippen molar-refractivity contribution in [2.45, 2.75) is 89.5 Å². The molecule has 0 saturated heterocycles. The molecule has 0 unspecified atom stereocenters. The van der Waals surface area contributed by atoms with Crippen molar-refractivity contribution in [3.63, 3.8) is 0 Å². The second-order valence-corrected chi connectivity index (χ2v) is 7.19. The summed E-state index contributed by atoms with van der Waals surface area (Å²) in [6.07, 6.45) is 14.5. The first-order valence-electron chi connectivity index (χ1n) is 9.59. The van der Waals surface area contributed by atoms with Crippen molar-refractivity contribution < 1.29 is 14.3 Å². The van der Waals surface area contributed by atoms with E-state index >= 15 is 0 Å². The number of carbonyl (C=O) groups excluding carboxylic acids is 2. The highest BCUT2D eigenvalue weighted by molar-refractivity contribution is 5.80. The number of hydrogen-bond acceptors (Lipinski definition) is 3. The number of amides is 1. The summed E-state index contributed by atoms with van der Waals surface area (Å²) in [6, 6.07) is 0.328. The lowest BCUT2D eigenvalue weighted by Crippen LogP contribution is -2.45. The topological polar surface area (TPSA) is 46.6 Å². The van der Waals surface area contributed by atoms with E-state index in [1.54, 1.807) is 0 Å². The zero-order valence-electron chi connectivity index (χ0n) is 14.7. The Bertz CT molecular complexity index is 369. The molecule has 0 N–H and O–H groups in total. The molecule has 4 nitrogen and oxygen atoms in total. The molecule has 0 spiro atoms. The van der Waals surface area contributed by atoms with Crippen molar-refractivity contribution in [2.75, 3.05) is 13.7 Å². The molecule has 0 aromatic heterocycles. The predicted molar refractivity (Wildman–Crippen MR) is 91.0 cm³/mol. The lowest BCUT2D eigenvalue weighted by Gasteiger charge is -2.36. The normalized spacial score (nSPS) is 21.3. The SMILES string of the molecule is COC(=O)CCN(C(=O)C1CCCCC1)C1CCCCCCC1. The summed E-state index contributed by atoms with van der Waals surface area (Å²) < 4.78 is 4.78. The van der Waals surface area contributed by atoms with E-state index < -0.39 is 0 Å². The molecule has 2 aliphatic rings. The van der Waals surface area contributed by atoms with Gasteiger partial charge in [-0.25, -0.2) is 0 Å². The van der Waals surface area contributed by atoms with Crippen LogP contribution in [-0.2, 0) is 14.3 Å². The van der Waals surface area contributed by atoms with Crippen LogP contribution in [0.5, 0.6) is 0 Å². The number of nitrogens with zero attached hydrogens (tertiary/aromatic N) is 1. The average Bonchev–Trinajstić information content (AvgIpc) is 2.56. The van der Waals surface area contributed by atoms with Crippen LogP contribution < -0.4 is 0 Å². The molecule has 0 radical (unpaired) electrons. The van der Waals surface area contributed by atoms with Crippen LogP contribution in [0.1, 0.15) is 83.5 Å². The van der Waals surface area contributed by atoms with Crippen LogP contribution in [0.2, 0.25) is 0 Å². The van der Waals surface area contributed by atoms with Gasteiger partial charge >= 0.3 is 5.97 Å². The zero-order chi connectivity index (χ0) is 16.5. The van der Waals surface area contributed by atoms with Gasteiger partial charge in [0.2, 0.25) is 5.91 Å². The fourth-order valence-electron chi connectivity index (χ4n) is 4.12. The minimum Gasteiger partial charge on any atom is -0.469 e. The Kier molecular flexibility index (Phi) is 7.90. The van der Waals surface area contributed by atoms with Crippen molar-refractivity contribution in [1.29, 1.82) is 0 Å². The summed E-state index contributed by atoms with van der Waals surface area (Å²) in [4.78, 5) is 26.7. The molecular weight excluding hydrogens is 290 g/mol. The van der Waals surface area contributed by atoms with Crippen LogP contribution in [0.15, 0.2) is 0 Å². The molecule has 2 saturated carbocycles. The number of methoxy groups -OCH3 is 1. The number of hydrogen-bond donors (Lipinski definition) is 0. The summed E-state index contributed by atoms with van der Waals surface area (Å²) in [5.74, 6) is 0.281. The first kappa shape index (κ1) is 18.3. The Morgan fingerprint density at radius 3 is 2.00 bits per heavy atom. The summed E-state index contributed by atoms with van der Waals surface area (Å²) in [7, 11) is 1.42. The largest absolute Gasteiger partial charge is 0.469 e. The smallest absolute Gasteiger partial charge is 0.307 e. The van der Waals surface area contributed by atoms with Crippen LogP contribution in [0.3, 0.4) is 0 Å². The Morgan fingerprint density at radius 1 is 0.870 bits per heavy atom. The van der Waals surface area contributed by atoms with Crippen LogP contribution in [0.4, 0.5) is 0 Å². The molecule has 0 bridgehead atoms. The third-order valence-electron chi connectivity index (χ3n) is 5.54. The molecule has 0 aliphatic heterocycles. The van der Waals surface area contributed by atoms with Gasteiger partial charge in [0.25, 0.3) is 0 Å². The standard InChI is InChI=1S/C19H33NO3/c1-23-18(21)14-15-20(17-12-8-3-2-4-9-13-17)19(22)16-10-6-5-7-11-16/h16-17H,2-15H2,1H3. The second kappa shape index (κ2) is 9.94. The highest BCUT2D eigenvalue weighted by Crippen LogP contribution is 2.29. The van der Waals surface area contributed by atoms with Gasteiger partial charge in [0.05, 0.1) is 13.5 Å². The van der Waals surface area contributed by atoms with Gasteiger partial charge in [-0.3, -0.25) is 9.59 Å². The van der Waals surface area contributed by atoms with E-state index in [-0.39, 0.29) is 11.9 Å². The molecule has 0 aromatic carbocycles. The van der Waals surface area contributed by atoms with Crippen molar-refractivity contribution in [3.8, 4) is 0 Å². The summed E-state index contributed by atoms with van der Waals surface area (Å²) in [6.45, 7) is 0.534. The number of carbonyl (C=O) groups is 2. The van der Waals surface area contributed by atoms with Crippen LogP contribution in [0.25, 0.3) is 0 Å². The van der Waals surface area contributed by atoms with Crippen molar-refractivity contribution >= 4 is 11.9 Å². The van der Waals surface area contributed by atoms with Gasteiger partial charge < -0.3 is 9.64 Å². The fourth-order valence-corrected chi connectivity index (χ4v) is 4.12.